The summed E-state index contributed by atoms with van der Waals surface area (Å²) >= 11 is 0. The number of hydrogen-bond acceptors (Lipinski definition) is 3. The second-order valence-corrected chi connectivity index (χ2v) is 5.07. The lowest BCUT2D eigenvalue weighted by Gasteiger charge is -2.12. The second-order valence-electron chi connectivity index (χ2n) is 5.07. The molecule has 0 aliphatic rings. The van der Waals surface area contributed by atoms with Crippen LogP contribution in [-0.2, 0) is 14.3 Å². The number of hydrogen-bond donors (Lipinski definition) is 1. The summed E-state index contributed by atoms with van der Waals surface area (Å²) in [6.45, 7) is 0.419. The van der Waals surface area contributed by atoms with Crippen molar-refractivity contribution in [2.24, 2.45) is 5.92 Å². The van der Waals surface area contributed by atoms with Crippen LogP contribution in [0.15, 0.2) is 0 Å². The van der Waals surface area contributed by atoms with Crippen LogP contribution in [0.2, 0.25) is 0 Å². The van der Waals surface area contributed by atoms with Crippen molar-refractivity contribution >= 4 is 11.9 Å². The van der Waals surface area contributed by atoms with E-state index in [9.17, 15) is 22.8 Å². The molecule has 7 heteroatoms. The van der Waals surface area contributed by atoms with Gasteiger partial charge in [0, 0.05) is 0 Å². The molecule has 1 atom stereocenters. The molecular weight excluding hydrogens is 289 g/mol. The average molecular weight is 312 g/mol. The maximum Gasteiger partial charge on any atom is 0.422 e. The van der Waals surface area contributed by atoms with Crippen LogP contribution in [0.25, 0.3) is 0 Å². The molecule has 0 amide bonds. The summed E-state index contributed by atoms with van der Waals surface area (Å²) in [5.74, 6) is -3.27. The molecule has 0 spiro atoms. The summed E-state index contributed by atoms with van der Waals surface area (Å²) < 4.78 is 39.6. The summed E-state index contributed by atoms with van der Waals surface area (Å²) in [5.41, 5.74) is 0. The van der Waals surface area contributed by atoms with Gasteiger partial charge in [0.15, 0.2) is 6.61 Å². The Morgan fingerprint density at radius 1 is 1.10 bits per heavy atom. The lowest BCUT2D eigenvalue weighted by atomic mass is 9.97. The van der Waals surface area contributed by atoms with Crippen molar-refractivity contribution < 1.29 is 32.6 Å². The Morgan fingerprint density at radius 2 is 1.67 bits per heavy atom. The Bertz CT molecular complexity index is 316. The molecule has 1 N–H and O–H groups in total. The molecule has 4 nitrogen and oxygen atoms in total. The lowest BCUT2D eigenvalue weighted by molar-refractivity contribution is -0.187. The highest BCUT2D eigenvalue weighted by Crippen LogP contribution is 2.18. The van der Waals surface area contributed by atoms with E-state index in [2.05, 4.69) is 11.7 Å². The number of halogens is 3. The van der Waals surface area contributed by atoms with Crippen LogP contribution in [0.5, 0.6) is 0 Å². The Labute approximate surface area is 122 Å². The van der Waals surface area contributed by atoms with Crippen LogP contribution in [0.4, 0.5) is 13.2 Å². The van der Waals surface area contributed by atoms with E-state index >= 15 is 0 Å². The first-order chi connectivity index (χ1) is 9.76. The number of carboxylic acid groups (broad SMARTS) is 1. The molecular formula is C14H23F3O4. The first kappa shape index (κ1) is 19.7. The van der Waals surface area contributed by atoms with Crippen LogP contribution in [0.3, 0.4) is 0 Å². The van der Waals surface area contributed by atoms with Crippen LogP contribution in [0, 0.1) is 5.92 Å². The molecule has 0 fully saturated rings. The van der Waals surface area contributed by atoms with Gasteiger partial charge in [-0.25, -0.2) is 0 Å². The maximum atomic E-state index is 11.9. The molecule has 0 heterocycles. The van der Waals surface area contributed by atoms with E-state index in [0.717, 1.165) is 32.1 Å². The second kappa shape index (κ2) is 10.5. The van der Waals surface area contributed by atoms with E-state index in [1.807, 2.05) is 0 Å². The first-order valence-electron chi connectivity index (χ1n) is 7.21. The number of rotatable bonds is 11. The van der Waals surface area contributed by atoms with Gasteiger partial charge in [-0.1, -0.05) is 45.4 Å². The largest absolute Gasteiger partial charge is 0.481 e. The zero-order valence-electron chi connectivity index (χ0n) is 12.2. The van der Waals surface area contributed by atoms with Gasteiger partial charge in [-0.15, -0.1) is 0 Å². The summed E-state index contributed by atoms with van der Waals surface area (Å²) in [6.07, 6.45) is 1.01. The van der Waals surface area contributed by atoms with E-state index in [1.54, 1.807) is 0 Å². The average Bonchev–Trinajstić information content (AvgIpc) is 2.38. The molecule has 0 aromatic rings. The zero-order valence-corrected chi connectivity index (χ0v) is 12.2. The van der Waals surface area contributed by atoms with Crippen molar-refractivity contribution in [1.29, 1.82) is 0 Å². The third kappa shape index (κ3) is 12.2. The van der Waals surface area contributed by atoms with Gasteiger partial charge >= 0.3 is 18.1 Å². The minimum Gasteiger partial charge on any atom is -0.481 e. The number of alkyl halides is 3. The topological polar surface area (TPSA) is 63.6 Å². The quantitative estimate of drug-likeness (QED) is 0.464. The molecule has 0 aromatic heterocycles. The first-order valence-corrected chi connectivity index (χ1v) is 7.21. The Balaban J connectivity index is 3.96. The number of aliphatic carboxylic acids is 1. The Kier molecular flexibility index (Phi) is 9.82. The summed E-state index contributed by atoms with van der Waals surface area (Å²) in [4.78, 5) is 22.2. The molecule has 0 aliphatic heterocycles. The van der Waals surface area contributed by atoms with Gasteiger partial charge in [0.2, 0.25) is 0 Å². The van der Waals surface area contributed by atoms with E-state index in [1.165, 1.54) is 0 Å². The zero-order chi connectivity index (χ0) is 16.3. The maximum absolute atomic E-state index is 11.9. The molecule has 0 saturated carbocycles. The van der Waals surface area contributed by atoms with Gasteiger partial charge < -0.3 is 9.84 Å². The van der Waals surface area contributed by atoms with E-state index in [4.69, 9.17) is 5.11 Å². The molecule has 0 rings (SSSR count). The standard InChI is InChI=1S/C14H23F3O4/c1-2-3-4-5-6-7-8-11(13(19)20)9-12(18)21-10-14(15,16)17/h11H,2-10H2,1H3,(H,19,20)/t11-/m1/s1. The summed E-state index contributed by atoms with van der Waals surface area (Å²) in [5, 5.41) is 8.96. The molecule has 0 saturated heterocycles. The fourth-order valence-electron chi connectivity index (χ4n) is 1.91. The Morgan fingerprint density at radius 3 is 2.19 bits per heavy atom. The van der Waals surface area contributed by atoms with Crippen molar-refractivity contribution in [2.75, 3.05) is 6.61 Å². The van der Waals surface area contributed by atoms with Gasteiger partial charge in [-0.05, 0) is 6.42 Å². The van der Waals surface area contributed by atoms with Gasteiger partial charge in [-0.2, -0.15) is 13.2 Å². The SMILES string of the molecule is CCCCCCCC[C@H](CC(=O)OCC(F)(F)F)C(=O)O. The monoisotopic (exact) mass is 312 g/mol. The van der Waals surface area contributed by atoms with Crippen LogP contribution in [0.1, 0.15) is 58.3 Å². The predicted molar refractivity (Wildman–Crippen MR) is 70.7 cm³/mol. The molecule has 124 valence electrons. The molecule has 0 aliphatic carbocycles. The normalized spacial score (nSPS) is 13.0. The van der Waals surface area contributed by atoms with Crippen molar-refractivity contribution in [1.82, 2.24) is 0 Å². The van der Waals surface area contributed by atoms with E-state index in [0.29, 0.717) is 6.42 Å². The fourth-order valence-corrected chi connectivity index (χ4v) is 1.91. The minimum absolute atomic E-state index is 0.280. The van der Waals surface area contributed by atoms with E-state index < -0.39 is 37.1 Å². The van der Waals surface area contributed by atoms with Gasteiger partial charge in [-0.3, -0.25) is 9.59 Å². The fraction of sp³-hybridized carbons (Fsp3) is 0.857. The van der Waals surface area contributed by atoms with Crippen molar-refractivity contribution in [3.63, 3.8) is 0 Å². The number of carboxylic acids is 1. The van der Waals surface area contributed by atoms with Crippen LogP contribution >= 0.6 is 0 Å². The summed E-state index contributed by atoms with van der Waals surface area (Å²) in [7, 11) is 0. The van der Waals surface area contributed by atoms with Gasteiger partial charge in [0.25, 0.3) is 0 Å². The molecule has 21 heavy (non-hydrogen) atoms. The third-order valence-electron chi connectivity index (χ3n) is 3.07. The van der Waals surface area contributed by atoms with Crippen molar-refractivity contribution in [3.8, 4) is 0 Å². The highest BCUT2D eigenvalue weighted by atomic mass is 19.4. The predicted octanol–water partition coefficient (Wildman–Crippen LogP) is 3.93. The number of esters is 1. The number of ether oxygens (including phenoxy) is 1. The molecule has 0 bridgehead atoms. The minimum atomic E-state index is -4.59. The van der Waals surface area contributed by atoms with Crippen molar-refractivity contribution in [2.45, 2.75) is 64.5 Å². The highest BCUT2D eigenvalue weighted by molar-refractivity contribution is 5.78. The summed E-state index contributed by atoms with van der Waals surface area (Å²) in [6, 6.07) is 0. The smallest absolute Gasteiger partial charge is 0.422 e. The van der Waals surface area contributed by atoms with Gasteiger partial charge in [0.05, 0.1) is 12.3 Å². The number of unbranched alkanes of at least 4 members (excludes halogenated alkanes) is 5. The number of carbonyl (C=O) groups excluding carboxylic acids is 1. The van der Waals surface area contributed by atoms with Gasteiger partial charge in [0.1, 0.15) is 0 Å². The number of carbonyl (C=O) groups is 2. The van der Waals surface area contributed by atoms with Crippen LogP contribution in [-0.4, -0.2) is 29.8 Å². The van der Waals surface area contributed by atoms with Crippen molar-refractivity contribution in [3.05, 3.63) is 0 Å². The third-order valence-corrected chi connectivity index (χ3v) is 3.07. The molecule has 0 radical (unpaired) electrons. The highest BCUT2D eigenvalue weighted by Gasteiger charge is 2.30. The molecule has 0 unspecified atom stereocenters. The molecule has 0 aromatic carbocycles. The van der Waals surface area contributed by atoms with E-state index in [-0.39, 0.29) is 6.42 Å². The lowest BCUT2D eigenvalue weighted by Crippen LogP contribution is -2.24. The van der Waals surface area contributed by atoms with Crippen LogP contribution < -0.4 is 0 Å². The Hall–Kier alpha value is -1.27.